The van der Waals surface area contributed by atoms with Crippen molar-refractivity contribution in [1.29, 1.82) is 0 Å². The SMILES string of the molecule is CC#C[C@@]1(O)CC[C@H]2[C@@H]3CCC4=C/C(=N/O)CCC4=C3[C@@H](c3ccc4c(c3)OCO4)C[C@@]21C. The van der Waals surface area contributed by atoms with Gasteiger partial charge in [0.15, 0.2) is 11.5 Å². The normalized spacial score (nSPS) is 37.6. The molecule has 1 aromatic rings. The summed E-state index contributed by atoms with van der Waals surface area (Å²) in [5.41, 5.74) is 5.13. The van der Waals surface area contributed by atoms with Crippen LogP contribution in [0.3, 0.4) is 0 Å². The quantitative estimate of drug-likeness (QED) is 0.348. The van der Waals surface area contributed by atoms with Crippen LogP contribution in [-0.2, 0) is 0 Å². The third-order valence-electron chi connectivity index (χ3n) is 9.16. The van der Waals surface area contributed by atoms with Crippen molar-refractivity contribution >= 4 is 5.71 Å². The number of nitrogens with zero attached hydrogens (tertiary/aromatic N) is 1. The number of benzene rings is 1. The zero-order valence-corrected chi connectivity index (χ0v) is 19.4. The Morgan fingerprint density at radius 1 is 1.12 bits per heavy atom. The lowest BCUT2D eigenvalue weighted by Crippen LogP contribution is -2.51. The summed E-state index contributed by atoms with van der Waals surface area (Å²) in [5.74, 6) is 8.92. The van der Waals surface area contributed by atoms with Crippen LogP contribution in [0.1, 0.15) is 70.3 Å². The lowest BCUT2D eigenvalue weighted by Gasteiger charge is -2.53. The van der Waals surface area contributed by atoms with Crippen molar-refractivity contribution in [3.05, 3.63) is 46.6 Å². The van der Waals surface area contributed by atoms with Crippen molar-refractivity contribution in [2.24, 2.45) is 22.4 Å². The van der Waals surface area contributed by atoms with Gasteiger partial charge in [0.1, 0.15) is 5.60 Å². The Balaban J connectivity index is 1.53. The van der Waals surface area contributed by atoms with Gasteiger partial charge in [0.25, 0.3) is 0 Å². The van der Waals surface area contributed by atoms with Gasteiger partial charge in [-0.15, -0.1) is 5.92 Å². The van der Waals surface area contributed by atoms with Crippen LogP contribution in [0, 0.1) is 29.1 Å². The molecule has 0 unspecified atom stereocenters. The molecule has 1 aliphatic heterocycles. The van der Waals surface area contributed by atoms with Gasteiger partial charge in [-0.3, -0.25) is 0 Å². The zero-order chi connectivity index (χ0) is 22.8. The molecule has 2 fully saturated rings. The van der Waals surface area contributed by atoms with Crippen LogP contribution in [-0.4, -0.2) is 28.4 Å². The summed E-state index contributed by atoms with van der Waals surface area (Å²) in [6.45, 7) is 4.38. The van der Waals surface area contributed by atoms with Gasteiger partial charge in [0, 0.05) is 11.3 Å². The van der Waals surface area contributed by atoms with E-state index < -0.39 is 5.60 Å². The number of rotatable bonds is 1. The Hall–Kier alpha value is -2.71. The molecule has 2 saturated carbocycles. The maximum absolute atomic E-state index is 11.8. The molecule has 0 saturated heterocycles. The van der Waals surface area contributed by atoms with Crippen LogP contribution in [0.25, 0.3) is 0 Å². The van der Waals surface area contributed by atoms with Crippen molar-refractivity contribution in [2.45, 2.75) is 70.3 Å². The minimum atomic E-state index is -0.948. The van der Waals surface area contributed by atoms with Gasteiger partial charge in [0.2, 0.25) is 6.79 Å². The van der Waals surface area contributed by atoms with E-state index in [4.69, 9.17) is 9.47 Å². The summed E-state index contributed by atoms with van der Waals surface area (Å²) in [4.78, 5) is 0. The van der Waals surface area contributed by atoms with E-state index >= 15 is 0 Å². The summed E-state index contributed by atoms with van der Waals surface area (Å²) < 4.78 is 11.3. The average molecular weight is 446 g/mol. The number of allylic oxidation sites excluding steroid dienone is 4. The van der Waals surface area contributed by atoms with Crippen LogP contribution < -0.4 is 9.47 Å². The summed E-state index contributed by atoms with van der Waals surface area (Å²) in [5, 5.41) is 24.6. The molecule has 0 spiro atoms. The summed E-state index contributed by atoms with van der Waals surface area (Å²) in [7, 11) is 0. The number of fused-ring (bicyclic) bond motifs is 5. The molecule has 5 nitrogen and oxygen atoms in total. The fraction of sp³-hybridized carbons (Fsp3) is 0.536. The second-order valence-electron chi connectivity index (χ2n) is 10.5. The Morgan fingerprint density at radius 2 is 1.97 bits per heavy atom. The van der Waals surface area contributed by atoms with Crippen LogP contribution in [0.5, 0.6) is 11.5 Å². The Morgan fingerprint density at radius 3 is 2.79 bits per heavy atom. The molecule has 2 N–H and O–H groups in total. The minimum Gasteiger partial charge on any atom is -0.454 e. The predicted molar refractivity (Wildman–Crippen MR) is 125 cm³/mol. The van der Waals surface area contributed by atoms with Crippen LogP contribution in [0.2, 0.25) is 0 Å². The van der Waals surface area contributed by atoms with Crippen molar-refractivity contribution in [1.82, 2.24) is 0 Å². The largest absolute Gasteiger partial charge is 0.454 e. The van der Waals surface area contributed by atoms with E-state index in [-0.39, 0.29) is 18.1 Å². The molecular formula is C28H31NO4. The van der Waals surface area contributed by atoms with E-state index in [0.717, 1.165) is 62.2 Å². The molecule has 33 heavy (non-hydrogen) atoms. The molecule has 0 aromatic heterocycles. The first-order valence-corrected chi connectivity index (χ1v) is 12.2. The molecule has 172 valence electrons. The number of hydrogen-bond acceptors (Lipinski definition) is 5. The third-order valence-corrected chi connectivity index (χ3v) is 9.16. The van der Waals surface area contributed by atoms with E-state index in [0.29, 0.717) is 11.8 Å². The summed E-state index contributed by atoms with van der Waals surface area (Å²) >= 11 is 0. The zero-order valence-electron chi connectivity index (χ0n) is 19.4. The van der Waals surface area contributed by atoms with Crippen molar-refractivity contribution in [2.75, 3.05) is 6.79 Å². The fourth-order valence-corrected chi connectivity index (χ4v) is 7.60. The first kappa shape index (κ1) is 20.9. The lowest BCUT2D eigenvalue weighted by molar-refractivity contribution is -0.0513. The van der Waals surface area contributed by atoms with Gasteiger partial charge < -0.3 is 19.8 Å². The predicted octanol–water partition coefficient (Wildman–Crippen LogP) is 5.33. The van der Waals surface area contributed by atoms with E-state index in [1.165, 1.54) is 16.7 Å². The van der Waals surface area contributed by atoms with E-state index in [1.54, 1.807) is 5.57 Å². The maximum atomic E-state index is 11.8. The molecule has 4 aliphatic carbocycles. The van der Waals surface area contributed by atoms with Gasteiger partial charge in [-0.05, 0) is 98.6 Å². The van der Waals surface area contributed by atoms with Gasteiger partial charge in [-0.1, -0.05) is 29.6 Å². The smallest absolute Gasteiger partial charge is 0.231 e. The van der Waals surface area contributed by atoms with Gasteiger partial charge in [-0.2, -0.15) is 0 Å². The highest BCUT2D eigenvalue weighted by atomic mass is 16.7. The molecule has 5 atom stereocenters. The number of ether oxygens (including phenoxy) is 2. The maximum Gasteiger partial charge on any atom is 0.231 e. The van der Waals surface area contributed by atoms with E-state index in [9.17, 15) is 10.3 Å². The first-order chi connectivity index (χ1) is 16.0. The highest BCUT2D eigenvalue weighted by molar-refractivity contribution is 5.97. The van der Waals surface area contributed by atoms with Gasteiger partial charge in [0.05, 0.1) is 5.71 Å². The molecule has 1 aromatic carbocycles. The average Bonchev–Trinajstić information content (AvgIpc) is 3.40. The third kappa shape index (κ3) is 2.93. The molecule has 0 radical (unpaired) electrons. The molecule has 5 heteroatoms. The van der Waals surface area contributed by atoms with Crippen LogP contribution in [0.15, 0.2) is 46.2 Å². The molecular weight excluding hydrogens is 414 g/mol. The van der Waals surface area contributed by atoms with Gasteiger partial charge >= 0.3 is 0 Å². The highest BCUT2D eigenvalue weighted by Crippen LogP contribution is 2.66. The molecule has 5 aliphatic rings. The molecule has 1 heterocycles. The second kappa shape index (κ2) is 7.40. The summed E-state index contributed by atoms with van der Waals surface area (Å²) in [6.07, 6.45) is 8.48. The fourth-order valence-electron chi connectivity index (χ4n) is 7.60. The number of hydrogen-bond donors (Lipinski definition) is 2. The van der Waals surface area contributed by atoms with E-state index in [1.807, 2.05) is 13.0 Å². The number of aliphatic hydroxyl groups is 1. The van der Waals surface area contributed by atoms with E-state index in [2.05, 4.69) is 42.1 Å². The van der Waals surface area contributed by atoms with Crippen molar-refractivity contribution in [3.8, 4) is 23.3 Å². The van der Waals surface area contributed by atoms with Crippen LogP contribution in [0.4, 0.5) is 0 Å². The van der Waals surface area contributed by atoms with Crippen molar-refractivity contribution in [3.63, 3.8) is 0 Å². The molecule has 6 rings (SSSR count). The molecule has 0 bridgehead atoms. The standard InChI is InChI=1S/C28H31NO4/c1-3-11-28(30)12-10-23-21-7-4-17-13-19(29-31)6-8-20(17)26(21)22(15-27(23,28)2)18-5-9-24-25(14-18)33-16-32-24/h5,9,13-14,21-23,30-31H,4,6-8,10,12,15-16H2,1-2H3/b29-19+/t21-,22+,23-,27-,28+/m0/s1. The number of oxime groups is 1. The Kier molecular flexibility index (Phi) is 4.68. The second-order valence-corrected chi connectivity index (χ2v) is 10.5. The topological polar surface area (TPSA) is 71.3 Å². The monoisotopic (exact) mass is 445 g/mol. The molecule has 0 amide bonds. The van der Waals surface area contributed by atoms with Crippen LogP contribution >= 0.6 is 0 Å². The minimum absolute atomic E-state index is 0.195. The first-order valence-electron chi connectivity index (χ1n) is 12.2. The lowest BCUT2D eigenvalue weighted by atomic mass is 9.51. The summed E-state index contributed by atoms with van der Waals surface area (Å²) in [6, 6.07) is 6.34. The highest BCUT2D eigenvalue weighted by Gasteiger charge is 2.62. The van der Waals surface area contributed by atoms with Gasteiger partial charge in [-0.25, -0.2) is 0 Å². The van der Waals surface area contributed by atoms with Crippen molar-refractivity contribution < 1.29 is 19.8 Å². The Bertz CT molecular complexity index is 1170. The Labute approximate surface area is 195 Å².